The molecule has 71 valence electrons. The zero-order chi connectivity index (χ0) is 9.72. The molecule has 0 spiro atoms. The summed E-state index contributed by atoms with van der Waals surface area (Å²) in [5.41, 5.74) is 0. The van der Waals surface area contributed by atoms with Gasteiger partial charge in [0.25, 0.3) is 0 Å². The molecular weight excluding hydrogens is 160 g/mol. The first kappa shape index (κ1) is 11.4. The molecule has 0 aliphatic rings. The molecule has 0 aromatic heterocycles. The summed E-state index contributed by atoms with van der Waals surface area (Å²) in [6, 6.07) is -0.638. The molecule has 0 aromatic rings. The fourth-order valence-corrected chi connectivity index (χ4v) is 0.741. The third-order valence-corrected chi connectivity index (χ3v) is 1.41. The largest absolute Gasteiger partial charge is 0.394 e. The second-order valence-corrected chi connectivity index (χ2v) is 2.69. The predicted octanol–water partition coefficient (Wildman–Crippen LogP) is -1.82. The molecule has 12 heavy (non-hydrogen) atoms. The van der Waals surface area contributed by atoms with Gasteiger partial charge in [0.05, 0.1) is 6.61 Å². The van der Waals surface area contributed by atoms with E-state index in [0.29, 0.717) is 0 Å². The Morgan fingerprint density at radius 3 is 2.42 bits per heavy atom. The fourth-order valence-electron chi connectivity index (χ4n) is 0.741. The van der Waals surface area contributed by atoms with E-state index in [9.17, 15) is 4.79 Å². The standard InChI is InChI=1S/C7H15N2O3/c1-5(11)8-7(12)6(4-10)9(2)3/h5-6,10-11H,1,4H2,2-3H3,(H,8,12). The monoisotopic (exact) mass is 175 g/mol. The van der Waals surface area contributed by atoms with Crippen LogP contribution in [0.1, 0.15) is 0 Å². The lowest BCUT2D eigenvalue weighted by Gasteiger charge is -2.21. The molecule has 5 heteroatoms. The quantitative estimate of drug-likeness (QED) is 0.440. The van der Waals surface area contributed by atoms with Gasteiger partial charge in [-0.05, 0) is 21.0 Å². The summed E-state index contributed by atoms with van der Waals surface area (Å²) in [5.74, 6) is -0.440. The highest BCUT2D eigenvalue weighted by molar-refractivity contribution is 5.81. The lowest BCUT2D eigenvalue weighted by atomic mass is 10.2. The van der Waals surface area contributed by atoms with Crippen LogP contribution in [-0.2, 0) is 4.79 Å². The molecule has 3 N–H and O–H groups in total. The molecular formula is C7H15N2O3. The first-order valence-electron chi connectivity index (χ1n) is 3.58. The second kappa shape index (κ2) is 5.08. The van der Waals surface area contributed by atoms with E-state index in [1.807, 2.05) is 0 Å². The van der Waals surface area contributed by atoms with E-state index < -0.39 is 18.2 Å². The maximum Gasteiger partial charge on any atom is 0.241 e. The third-order valence-electron chi connectivity index (χ3n) is 1.41. The van der Waals surface area contributed by atoms with Crippen molar-refractivity contribution >= 4 is 5.91 Å². The number of carbonyl (C=O) groups is 1. The van der Waals surface area contributed by atoms with Crippen molar-refractivity contribution in [2.75, 3.05) is 20.7 Å². The van der Waals surface area contributed by atoms with Crippen LogP contribution in [0.4, 0.5) is 0 Å². The second-order valence-electron chi connectivity index (χ2n) is 2.69. The number of hydrogen-bond donors (Lipinski definition) is 3. The minimum atomic E-state index is -1.13. The molecule has 0 bridgehead atoms. The number of likely N-dealkylation sites (N-methyl/N-ethyl adjacent to an activating group) is 1. The van der Waals surface area contributed by atoms with Crippen molar-refractivity contribution in [2.24, 2.45) is 0 Å². The number of aliphatic hydroxyl groups excluding tert-OH is 2. The van der Waals surface area contributed by atoms with Gasteiger partial charge in [0, 0.05) is 0 Å². The number of carbonyl (C=O) groups excluding carboxylic acids is 1. The van der Waals surface area contributed by atoms with Gasteiger partial charge in [-0.15, -0.1) is 0 Å². The predicted molar refractivity (Wildman–Crippen MR) is 44.1 cm³/mol. The summed E-state index contributed by atoms with van der Waals surface area (Å²) in [7, 11) is 3.33. The van der Waals surface area contributed by atoms with Gasteiger partial charge < -0.3 is 15.5 Å². The van der Waals surface area contributed by atoms with Crippen molar-refractivity contribution in [3.05, 3.63) is 6.92 Å². The van der Waals surface area contributed by atoms with Crippen LogP contribution >= 0.6 is 0 Å². The molecule has 0 saturated heterocycles. The minimum Gasteiger partial charge on any atom is -0.394 e. The molecule has 0 heterocycles. The van der Waals surface area contributed by atoms with E-state index >= 15 is 0 Å². The number of nitrogens with zero attached hydrogens (tertiary/aromatic N) is 1. The third kappa shape index (κ3) is 3.66. The summed E-state index contributed by atoms with van der Waals surface area (Å²) in [6.45, 7) is 2.89. The van der Waals surface area contributed by atoms with E-state index in [2.05, 4.69) is 12.2 Å². The highest BCUT2D eigenvalue weighted by atomic mass is 16.3. The van der Waals surface area contributed by atoms with Gasteiger partial charge in [0.2, 0.25) is 5.91 Å². The SMILES string of the molecule is [CH2]C(O)NC(=O)C(CO)N(C)C. The van der Waals surface area contributed by atoms with Crippen LogP contribution in [-0.4, -0.2) is 54.0 Å². The first-order chi connectivity index (χ1) is 5.49. The summed E-state index contributed by atoms with van der Waals surface area (Å²) in [5, 5.41) is 19.7. The van der Waals surface area contributed by atoms with Gasteiger partial charge >= 0.3 is 0 Å². The van der Waals surface area contributed by atoms with Crippen LogP contribution < -0.4 is 5.32 Å². The van der Waals surface area contributed by atoms with E-state index in [1.54, 1.807) is 19.0 Å². The van der Waals surface area contributed by atoms with Crippen molar-refractivity contribution in [3.8, 4) is 0 Å². The summed E-state index contributed by atoms with van der Waals surface area (Å²) < 4.78 is 0. The minimum absolute atomic E-state index is 0.286. The number of nitrogens with one attached hydrogen (secondary N) is 1. The molecule has 0 fully saturated rings. The maximum absolute atomic E-state index is 11.1. The Hall–Kier alpha value is -0.650. The zero-order valence-electron chi connectivity index (χ0n) is 7.32. The van der Waals surface area contributed by atoms with Crippen LogP contribution in [0.5, 0.6) is 0 Å². The lowest BCUT2D eigenvalue weighted by Crippen LogP contribution is -2.48. The molecule has 0 aromatic carbocycles. The average Bonchev–Trinajstić information content (AvgIpc) is 1.85. The Kier molecular flexibility index (Phi) is 4.80. The van der Waals surface area contributed by atoms with Gasteiger partial charge in [-0.1, -0.05) is 0 Å². The summed E-state index contributed by atoms with van der Waals surface area (Å²) in [6.07, 6.45) is -1.13. The number of amides is 1. The molecule has 0 aliphatic carbocycles. The van der Waals surface area contributed by atoms with E-state index in [0.717, 1.165) is 0 Å². The van der Waals surface area contributed by atoms with E-state index in [-0.39, 0.29) is 6.61 Å². The van der Waals surface area contributed by atoms with Crippen molar-refractivity contribution < 1.29 is 15.0 Å². The zero-order valence-corrected chi connectivity index (χ0v) is 7.32. The smallest absolute Gasteiger partial charge is 0.241 e. The van der Waals surface area contributed by atoms with Gasteiger partial charge in [-0.2, -0.15) is 0 Å². The summed E-state index contributed by atoms with van der Waals surface area (Å²) in [4.78, 5) is 12.7. The Bertz CT molecular complexity index is 148. The highest BCUT2D eigenvalue weighted by Gasteiger charge is 2.19. The molecule has 0 saturated carbocycles. The van der Waals surface area contributed by atoms with Gasteiger partial charge in [-0.25, -0.2) is 0 Å². The lowest BCUT2D eigenvalue weighted by molar-refractivity contribution is -0.129. The van der Waals surface area contributed by atoms with E-state index in [4.69, 9.17) is 10.2 Å². The van der Waals surface area contributed by atoms with Crippen LogP contribution in [0, 0.1) is 6.92 Å². The van der Waals surface area contributed by atoms with Crippen molar-refractivity contribution in [3.63, 3.8) is 0 Å². The Labute approximate surface area is 72.0 Å². The fraction of sp³-hybridized carbons (Fsp3) is 0.714. The normalized spacial score (nSPS) is 15.8. The van der Waals surface area contributed by atoms with Crippen molar-refractivity contribution in [1.82, 2.24) is 10.2 Å². The molecule has 5 nitrogen and oxygen atoms in total. The Morgan fingerprint density at radius 1 is 1.67 bits per heavy atom. The topological polar surface area (TPSA) is 72.8 Å². The highest BCUT2D eigenvalue weighted by Crippen LogP contribution is 1.92. The maximum atomic E-state index is 11.1. The van der Waals surface area contributed by atoms with Crippen LogP contribution in [0.3, 0.4) is 0 Å². The molecule has 2 atom stereocenters. The summed E-state index contributed by atoms with van der Waals surface area (Å²) >= 11 is 0. The van der Waals surface area contributed by atoms with Crippen LogP contribution in [0.15, 0.2) is 0 Å². The molecule has 0 aliphatic heterocycles. The molecule has 2 unspecified atom stereocenters. The molecule has 1 radical (unpaired) electrons. The number of rotatable bonds is 4. The van der Waals surface area contributed by atoms with Crippen LogP contribution in [0.2, 0.25) is 0 Å². The Morgan fingerprint density at radius 2 is 2.17 bits per heavy atom. The van der Waals surface area contributed by atoms with Gasteiger partial charge in [-0.3, -0.25) is 9.69 Å². The number of hydrogen-bond acceptors (Lipinski definition) is 4. The number of aliphatic hydroxyl groups is 2. The van der Waals surface area contributed by atoms with E-state index in [1.165, 1.54) is 0 Å². The molecule has 1 amide bonds. The van der Waals surface area contributed by atoms with Crippen molar-refractivity contribution in [1.29, 1.82) is 0 Å². The average molecular weight is 175 g/mol. The molecule has 0 rings (SSSR count). The van der Waals surface area contributed by atoms with Crippen LogP contribution in [0.25, 0.3) is 0 Å². The van der Waals surface area contributed by atoms with Gasteiger partial charge in [0.1, 0.15) is 12.3 Å². The van der Waals surface area contributed by atoms with Gasteiger partial charge in [0.15, 0.2) is 0 Å². The van der Waals surface area contributed by atoms with Crippen molar-refractivity contribution in [2.45, 2.75) is 12.3 Å². The Balaban J connectivity index is 4.04. The first-order valence-corrected chi connectivity index (χ1v) is 3.58.